The van der Waals surface area contributed by atoms with E-state index in [2.05, 4.69) is 46.6 Å². The molecule has 3 aromatic rings. The zero-order chi connectivity index (χ0) is 20.4. The third-order valence-electron chi connectivity index (χ3n) is 5.90. The summed E-state index contributed by atoms with van der Waals surface area (Å²) in [6.07, 6.45) is 5.03. The Morgan fingerprint density at radius 2 is 2.03 bits per heavy atom. The summed E-state index contributed by atoms with van der Waals surface area (Å²) in [5.74, 6) is -0.0992. The number of fused-ring (bicyclic) bond motifs is 3. The highest BCUT2D eigenvalue weighted by Gasteiger charge is 2.25. The fourth-order valence-corrected chi connectivity index (χ4v) is 4.46. The molecule has 0 bridgehead atoms. The lowest BCUT2D eigenvalue weighted by molar-refractivity contribution is -0.143. The maximum Gasteiger partial charge on any atom is 0.306 e. The summed E-state index contributed by atoms with van der Waals surface area (Å²) in [6, 6.07) is 10.7. The number of carbonyl (C=O) groups is 1. The van der Waals surface area contributed by atoms with Crippen LogP contribution in [-0.2, 0) is 29.0 Å². The van der Waals surface area contributed by atoms with E-state index in [1.165, 1.54) is 27.7 Å². The van der Waals surface area contributed by atoms with E-state index in [0.29, 0.717) is 13.0 Å². The average molecular weight is 392 g/mol. The third kappa shape index (κ3) is 4.06. The number of rotatable bonds is 6. The van der Waals surface area contributed by atoms with Crippen molar-refractivity contribution in [2.24, 2.45) is 0 Å². The molecule has 0 saturated carbocycles. The van der Waals surface area contributed by atoms with E-state index in [4.69, 9.17) is 4.74 Å². The molecule has 0 saturated heterocycles. The number of aryl methyl sites for hydroxylation is 1. The molecule has 0 radical (unpaired) electrons. The maximum absolute atomic E-state index is 12.3. The molecule has 2 aromatic heterocycles. The fraction of sp³-hybridized carbons (Fsp3) is 0.417. The summed E-state index contributed by atoms with van der Waals surface area (Å²) in [5, 5.41) is 1.36. The first-order valence-electron chi connectivity index (χ1n) is 10.4. The first-order chi connectivity index (χ1) is 14.1. The SMILES string of the molecule is CCOC(=O)CC(Cn1c2c(c3cc(C)ccc31)CCN(C)C2)c1ccncc1. The van der Waals surface area contributed by atoms with Crippen LogP contribution in [0.3, 0.4) is 0 Å². The quantitative estimate of drug-likeness (QED) is 0.594. The van der Waals surface area contributed by atoms with Crippen LogP contribution in [0.15, 0.2) is 42.7 Å². The van der Waals surface area contributed by atoms with Gasteiger partial charge in [0.1, 0.15) is 0 Å². The second-order valence-electron chi connectivity index (χ2n) is 8.03. The first-order valence-corrected chi connectivity index (χ1v) is 10.4. The van der Waals surface area contributed by atoms with Crippen molar-refractivity contribution in [2.45, 2.75) is 45.7 Å². The van der Waals surface area contributed by atoms with Crippen LogP contribution < -0.4 is 0 Å². The zero-order valence-electron chi connectivity index (χ0n) is 17.5. The number of carbonyl (C=O) groups excluding carboxylic acids is 1. The zero-order valence-corrected chi connectivity index (χ0v) is 17.5. The Bertz CT molecular complexity index is 1010. The number of benzene rings is 1. The number of likely N-dealkylation sites (N-methyl/N-ethyl adjacent to an activating group) is 1. The average Bonchev–Trinajstić information content (AvgIpc) is 3.00. The van der Waals surface area contributed by atoms with Crippen molar-refractivity contribution in [2.75, 3.05) is 20.2 Å². The summed E-state index contributed by atoms with van der Waals surface area (Å²) in [5.41, 5.74) is 6.51. The summed E-state index contributed by atoms with van der Waals surface area (Å²) in [6.45, 7) is 7.19. The van der Waals surface area contributed by atoms with Crippen molar-refractivity contribution in [3.63, 3.8) is 0 Å². The summed E-state index contributed by atoms with van der Waals surface area (Å²) < 4.78 is 7.71. The normalized spacial score (nSPS) is 15.3. The van der Waals surface area contributed by atoms with Gasteiger partial charge in [0.05, 0.1) is 13.0 Å². The summed E-state index contributed by atoms with van der Waals surface area (Å²) >= 11 is 0. The van der Waals surface area contributed by atoms with Crippen molar-refractivity contribution < 1.29 is 9.53 Å². The lowest BCUT2D eigenvalue weighted by Gasteiger charge is -2.26. The van der Waals surface area contributed by atoms with Crippen LogP contribution in [0.1, 0.15) is 41.6 Å². The number of pyridine rings is 1. The van der Waals surface area contributed by atoms with E-state index in [0.717, 1.165) is 31.6 Å². The molecule has 5 heteroatoms. The number of aromatic nitrogens is 2. The van der Waals surface area contributed by atoms with Crippen molar-refractivity contribution in [3.8, 4) is 0 Å². The minimum Gasteiger partial charge on any atom is -0.466 e. The highest BCUT2D eigenvalue weighted by atomic mass is 16.5. The van der Waals surface area contributed by atoms with Crippen LogP contribution in [0.4, 0.5) is 0 Å². The van der Waals surface area contributed by atoms with Crippen molar-refractivity contribution in [1.82, 2.24) is 14.5 Å². The molecule has 1 aromatic carbocycles. The monoisotopic (exact) mass is 391 g/mol. The number of hydrogen-bond acceptors (Lipinski definition) is 4. The topological polar surface area (TPSA) is 47.4 Å². The lowest BCUT2D eigenvalue weighted by Crippen LogP contribution is -2.28. The predicted octanol–water partition coefficient (Wildman–Crippen LogP) is 4.07. The third-order valence-corrected chi connectivity index (χ3v) is 5.90. The standard InChI is InChI=1S/C24H29N3O2/c1-4-29-24(28)14-19(18-7-10-25-11-8-18)15-27-22-6-5-17(2)13-21(22)20-9-12-26(3)16-23(20)27/h5-8,10-11,13,19H,4,9,12,14-16H2,1-3H3. The van der Waals surface area contributed by atoms with Gasteiger partial charge in [-0.05, 0) is 62.7 Å². The Labute approximate surface area is 172 Å². The molecule has 0 amide bonds. The summed E-state index contributed by atoms with van der Waals surface area (Å²) in [7, 11) is 2.18. The highest BCUT2D eigenvalue weighted by Crippen LogP contribution is 2.34. The molecule has 0 spiro atoms. The van der Waals surface area contributed by atoms with Gasteiger partial charge in [0.2, 0.25) is 0 Å². The van der Waals surface area contributed by atoms with Crippen LogP contribution in [-0.4, -0.2) is 40.6 Å². The Balaban J connectivity index is 1.77. The van der Waals surface area contributed by atoms with Crippen molar-refractivity contribution in [3.05, 3.63) is 65.1 Å². The highest BCUT2D eigenvalue weighted by molar-refractivity contribution is 5.86. The molecule has 1 aliphatic rings. The minimum absolute atomic E-state index is 0.0466. The maximum atomic E-state index is 12.3. The Kier molecular flexibility index (Phi) is 5.67. The smallest absolute Gasteiger partial charge is 0.306 e. The van der Waals surface area contributed by atoms with Gasteiger partial charge < -0.3 is 14.2 Å². The Morgan fingerprint density at radius 1 is 1.24 bits per heavy atom. The van der Waals surface area contributed by atoms with Crippen molar-refractivity contribution >= 4 is 16.9 Å². The van der Waals surface area contributed by atoms with Crippen LogP contribution >= 0.6 is 0 Å². The van der Waals surface area contributed by atoms with E-state index in [9.17, 15) is 4.79 Å². The Morgan fingerprint density at radius 3 is 2.79 bits per heavy atom. The largest absolute Gasteiger partial charge is 0.466 e. The molecular weight excluding hydrogens is 362 g/mol. The van der Waals surface area contributed by atoms with E-state index < -0.39 is 0 Å². The van der Waals surface area contributed by atoms with E-state index >= 15 is 0 Å². The predicted molar refractivity (Wildman–Crippen MR) is 115 cm³/mol. The van der Waals surface area contributed by atoms with Gasteiger partial charge in [0, 0.05) is 54.5 Å². The van der Waals surface area contributed by atoms with Crippen molar-refractivity contribution in [1.29, 1.82) is 0 Å². The Hall–Kier alpha value is -2.66. The molecule has 3 heterocycles. The number of nitrogens with zero attached hydrogens (tertiary/aromatic N) is 3. The van der Waals surface area contributed by atoms with Gasteiger partial charge in [0.25, 0.3) is 0 Å². The first kappa shape index (κ1) is 19.6. The van der Waals surface area contributed by atoms with Gasteiger partial charge in [0.15, 0.2) is 0 Å². The van der Waals surface area contributed by atoms with Crippen LogP contribution in [0, 0.1) is 6.92 Å². The molecule has 1 aliphatic heterocycles. The van der Waals surface area contributed by atoms with Gasteiger partial charge in [-0.2, -0.15) is 0 Å². The van der Waals surface area contributed by atoms with Gasteiger partial charge in [-0.15, -0.1) is 0 Å². The summed E-state index contributed by atoms with van der Waals surface area (Å²) in [4.78, 5) is 18.9. The van der Waals surface area contributed by atoms with E-state index in [1.807, 2.05) is 19.1 Å². The second kappa shape index (κ2) is 8.37. The molecule has 0 aliphatic carbocycles. The molecule has 5 nitrogen and oxygen atoms in total. The van der Waals surface area contributed by atoms with Crippen LogP contribution in [0.25, 0.3) is 10.9 Å². The number of ether oxygens (including phenoxy) is 1. The minimum atomic E-state index is -0.146. The molecule has 4 rings (SSSR count). The van der Waals surface area contributed by atoms with E-state index in [-0.39, 0.29) is 11.9 Å². The number of hydrogen-bond donors (Lipinski definition) is 0. The van der Waals surface area contributed by atoms with Gasteiger partial charge in [-0.3, -0.25) is 9.78 Å². The van der Waals surface area contributed by atoms with Gasteiger partial charge in [-0.1, -0.05) is 11.6 Å². The van der Waals surface area contributed by atoms with Gasteiger partial charge >= 0.3 is 5.97 Å². The fourth-order valence-electron chi connectivity index (χ4n) is 4.46. The molecular formula is C24H29N3O2. The van der Waals surface area contributed by atoms with Crippen LogP contribution in [0.5, 0.6) is 0 Å². The molecule has 0 N–H and O–H groups in total. The lowest BCUT2D eigenvalue weighted by atomic mass is 9.96. The molecule has 1 atom stereocenters. The molecule has 1 unspecified atom stereocenters. The molecule has 29 heavy (non-hydrogen) atoms. The molecule has 0 fully saturated rings. The van der Waals surface area contributed by atoms with E-state index in [1.54, 1.807) is 12.4 Å². The van der Waals surface area contributed by atoms with Crippen LogP contribution in [0.2, 0.25) is 0 Å². The number of esters is 1. The molecule has 152 valence electrons. The van der Waals surface area contributed by atoms with Gasteiger partial charge in [-0.25, -0.2) is 0 Å². The second-order valence-corrected chi connectivity index (χ2v) is 8.03.